The first kappa shape index (κ1) is 13.3. The molecule has 0 saturated heterocycles. The van der Waals surface area contributed by atoms with Gasteiger partial charge < -0.3 is 14.4 Å². The number of hydrogen-bond donors (Lipinski definition) is 1. The molecule has 2 aromatic heterocycles. The maximum absolute atomic E-state index is 5.39. The van der Waals surface area contributed by atoms with Gasteiger partial charge in [-0.15, -0.1) is 10.2 Å². The zero-order valence-corrected chi connectivity index (χ0v) is 11.9. The monoisotopic (exact) mass is 276 g/mol. The highest BCUT2D eigenvalue weighted by Gasteiger charge is 2.19. The standard InChI is InChI=1S/C13H20N6O/c1-10(2)14-6-11-5-12(20-17-11)7-18-3-4-19-9-15-16-13(19)8-18/h5,9-10,14H,3-4,6-8H2,1-2H3. The quantitative estimate of drug-likeness (QED) is 0.870. The molecule has 0 saturated carbocycles. The number of hydrogen-bond acceptors (Lipinski definition) is 6. The molecule has 0 aromatic carbocycles. The van der Waals surface area contributed by atoms with Crippen LogP contribution < -0.4 is 5.32 Å². The number of nitrogens with zero attached hydrogens (tertiary/aromatic N) is 5. The van der Waals surface area contributed by atoms with Gasteiger partial charge in [-0.2, -0.15) is 0 Å². The first-order valence-corrected chi connectivity index (χ1v) is 6.97. The molecule has 20 heavy (non-hydrogen) atoms. The summed E-state index contributed by atoms with van der Waals surface area (Å²) in [7, 11) is 0. The minimum Gasteiger partial charge on any atom is -0.360 e. The minimum absolute atomic E-state index is 0.448. The molecule has 0 bridgehead atoms. The molecule has 2 aromatic rings. The molecule has 7 nitrogen and oxygen atoms in total. The molecular weight excluding hydrogens is 256 g/mol. The molecule has 0 amide bonds. The Bertz CT molecular complexity index is 561. The van der Waals surface area contributed by atoms with E-state index in [1.54, 1.807) is 6.33 Å². The lowest BCUT2D eigenvalue weighted by Gasteiger charge is -2.25. The highest BCUT2D eigenvalue weighted by atomic mass is 16.5. The molecule has 3 rings (SSSR count). The average molecular weight is 276 g/mol. The number of nitrogens with one attached hydrogen (secondary N) is 1. The van der Waals surface area contributed by atoms with E-state index < -0.39 is 0 Å². The van der Waals surface area contributed by atoms with Crippen molar-refractivity contribution in [2.75, 3.05) is 6.54 Å². The van der Waals surface area contributed by atoms with Gasteiger partial charge >= 0.3 is 0 Å². The van der Waals surface area contributed by atoms with Gasteiger partial charge in [-0.3, -0.25) is 4.90 Å². The van der Waals surface area contributed by atoms with Crippen molar-refractivity contribution in [2.45, 2.75) is 46.1 Å². The Morgan fingerprint density at radius 2 is 2.30 bits per heavy atom. The van der Waals surface area contributed by atoms with E-state index in [4.69, 9.17) is 4.52 Å². The zero-order valence-electron chi connectivity index (χ0n) is 11.9. The fourth-order valence-corrected chi connectivity index (χ4v) is 2.29. The van der Waals surface area contributed by atoms with Gasteiger partial charge in [-0.1, -0.05) is 19.0 Å². The molecule has 0 aliphatic carbocycles. The summed E-state index contributed by atoms with van der Waals surface area (Å²) >= 11 is 0. The molecule has 0 fully saturated rings. The molecule has 0 spiro atoms. The topological polar surface area (TPSA) is 72.0 Å². The highest BCUT2D eigenvalue weighted by Crippen LogP contribution is 2.14. The summed E-state index contributed by atoms with van der Waals surface area (Å²) in [5.41, 5.74) is 0.953. The Morgan fingerprint density at radius 1 is 1.40 bits per heavy atom. The smallest absolute Gasteiger partial charge is 0.151 e. The summed E-state index contributed by atoms with van der Waals surface area (Å²) < 4.78 is 7.49. The van der Waals surface area contributed by atoms with Crippen molar-refractivity contribution in [2.24, 2.45) is 0 Å². The predicted octanol–water partition coefficient (Wildman–Crippen LogP) is 0.780. The second-order valence-electron chi connectivity index (χ2n) is 5.47. The van der Waals surface area contributed by atoms with E-state index in [0.717, 1.165) is 50.0 Å². The van der Waals surface area contributed by atoms with Crippen molar-refractivity contribution in [3.05, 3.63) is 29.7 Å². The van der Waals surface area contributed by atoms with Gasteiger partial charge in [0.1, 0.15) is 12.2 Å². The van der Waals surface area contributed by atoms with Crippen LogP contribution in [0, 0.1) is 0 Å². The molecule has 0 unspecified atom stereocenters. The Hall–Kier alpha value is -1.73. The summed E-state index contributed by atoms with van der Waals surface area (Å²) in [6.07, 6.45) is 1.79. The van der Waals surface area contributed by atoms with Crippen molar-refractivity contribution in [1.29, 1.82) is 0 Å². The summed E-state index contributed by atoms with van der Waals surface area (Å²) in [5.74, 6) is 1.91. The average Bonchev–Trinajstić information content (AvgIpc) is 3.04. The van der Waals surface area contributed by atoms with Crippen LogP contribution in [0.5, 0.6) is 0 Å². The molecule has 1 aliphatic heterocycles. The van der Waals surface area contributed by atoms with Crippen LogP contribution >= 0.6 is 0 Å². The number of rotatable bonds is 5. The lowest BCUT2D eigenvalue weighted by molar-refractivity contribution is 0.186. The van der Waals surface area contributed by atoms with Crippen molar-refractivity contribution in [3.63, 3.8) is 0 Å². The fraction of sp³-hybridized carbons (Fsp3) is 0.615. The van der Waals surface area contributed by atoms with E-state index in [2.05, 4.69) is 44.0 Å². The van der Waals surface area contributed by atoms with E-state index in [-0.39, 0.29) is 0 Å². The van der Waals surface area contributed by atoms with Crippen LogP contribution in [-0.4, -0.2) is 37.4 Å². The molecule has 0 atom stereocenters. The third-order valence-electron chi connectivity index (χ3n) is 3.40. The van der Waals surface area contributed by atoms with E-state index in [0.29, 0.717) is 6.04 Å². The van der Waals surface area contributed by atoms with Gasteiger partial charge in [-0.25, -0.2) is 0 Å². The van der Waals surface area contributed by atoms with Crippen LogP contribution in [0.2, 0.25) is 0 Å². The number of fused-ring (bicyclic) bond motifs is 1. The second kappa shape index (κ2) is 5.72. The van der Waals surface area contributed by atoms with Crippen molar-refractivity contribution in [3.8, 4) is 0 Å². The molecule has 108 valence electrons. The van der Waals surface area contributed by atoms with Crippen LogP contribution in [0.15, 0.2) is 16.9 Å². The normalized spacial score (nSPS) is 15.8. The van der Waals surface area contributed by atoms with Crippen LogP contribution in [0.3, 0.4) is 0 Å². The Labute approximate surface area is 118 Å². The summed E-state index contributed by atoms with van der Waals surface area (Å²) in [6, 6.07) is 2.47. The van der Waals surface area contributed by atoms with E-state index >= 15 is 0 Å². The lowest BCUT2D eigenvalue weighted by atomic mass is 10.3. The van der Waals surface area contributed by atoms with E-state index in [1.807, 2.05) is 6.07 Å². The van der Waals surface area contributed by atoms with Gasteiger partial charge in [0.2, 0.25) is 0 Å². The largest absolute Gasteiger partial charge is 0.360 e. The molecule has 7 heteroatoms. The second-order valence-corrected chi connectivity index (χ2v) is 5.47. The van der Waals surface area contributed by atoms with Crippen LogP contribution in [0.4, 0.5) is 0 Å². The summed E-state index contributed by atoms with van der Waals surface area (Å²) in [6.45, 7) is 8.45. The molecule has 1 N–H and O–H groups in total. The first-order chi connectivity index (χ1) is 9.70. The molecular formula is C13H20N6O. The van der Waals surface area contributed by atoms with Gasteiger partial charge in [0.15, 0.2) is 5.76 Å². The fourth-order valence-electron chi connectivity index (χ4n) is 2.29. The van der Waals surface area contributed by atoms with Crippen molar-refractivity contribution in [1.82, 2.24) is 30.1 Å². The van der Waals surface area contributed by atoms with Crippen molar-refractivity contribution >= 4 is 0 Å². The van der Waals surface area contributed by atoms with Crippen LogP contribution in [-0.2, 0) is 26.2 Å². The van der Waals surface area contributed by atoms with Crippen molar-refractivity contribution < 1.29 is 4.52 Å². The minimum atomic E-state index is 0.448. The van der Waals surface area contributed by atoms with E-state index in [1.165, 1.54) is 0 Å². The summed E-state index contributed by atoms with van der Waals surface area (Å²) in [4.78, 5) is 2.30. The Kier molecular flexibility index (Phi) is 3.79. The lowest BCUT2D eigenvalue weighted by Crippen LogP contribution is -2.33. The third-order valence-corrected chi connectivity index (χ3v) is 3.40. The van der Waals surface area contributed by atoms with E-state index in [9.17, 15) is 0 Å². The van der Waals surface area contributed by atoms with Gasteiger partial charge in [0, 0.05) is 31.7 Å². The molecule has 0 radical (unpaired) electrons. The Morgan fingerprint density at radius 3 is 3.15 bits per heavy atom. The maximum Gasteiger partial charge on any atom is 0.151 e. The molecule has 3 heterocycles. The predicted molar refractivity (Wildman–Crippen MR) is 72.6 cm³/mol. The zero-order chi connectivity index (χ0) is 13.9. The van der Waals surface area contributed by atoms with Gasteiger partial charge in [0.05, 0.1) is 18.8 Å². The third kappa shape index (κ3) is 3.05. The maximum atomic E-state index is 5.39. The highest BCUT2D eigenvalue weighted by molar-refractivity contribution is 5.05. The van der Waals surface area contributed by atoms with Crippen LogP contribution in [0.1, 0.15) is 31.1 Å². The Balaban J connectivity index is 1.56. The van der Waals surface area contributed by atoms with Crippen LogP contribution in [0.25, 0.3) is 0 Å². The SMILES string of the molecule is CC(C)NCc1cc(CN2CCn3cnnc3C2)on1. The molecule has 1 aliphatic rings. The number of aromatic nitrogens is 4. The van der Waals surface area contributed by atoms with Gasteiger partial charge in [0.25, 0.3) is 0 Å². The first-order valence-electron chi connectivity index (χ1n) is 6.97. The van der Waals surface area contributed by atoms with Gasteiger partial charge in [-0.05, 0) is 0 Å². The summed E-state index contributed by atoms with van der Waals surface area (Å²) in [5, 5.41) is 15.5.